The first-order chi connectivity index (χ1) is 9.22. The van der Waals surface area contributed by atoms with Crippen LogP contribution in [0.5, 0.6) is 5.75 Å². The minimum absolute atomic E-state index is 0.0144. The number of carbonyl (C=O) groups excluding carboxylic acids is 1. The molecule has 0 aliphatic carbocycles. The SMILES string of the molecule is COc1ccc2nc(NC(=O)CCCCN)sc2c1. The maximum Gasteiger partial charge on any atom is 0.226 e. The van der Waals surface area contributed by atoms with Crippen molar-refractivity contribution in [1.82, 2.24) is 4.98 Å². The third-order valence-corrected chi connectivity index (χ3v) is 3.63. The van der Waals surface area contributed by atoms with E-state index in [1.807, 2.05) is 18.2 Å². The zero-order valence-corrected chi connectivity index (χ0v) is 11.6. The molecule has 0 atom stereocenters. The normalized spacial score (nSPS) is 10.6. The van der Waals surface area contributed by atoms with Crippen molar-refractivity contribution in [2.45, 2.75) is 19.3 Å². The lowest BCUT2D eigenvalue weighted by atomic mass is 10.2. The summed E-state index contributed by atoms with van der Waals surface area (Å²) in [5.74, 6) is 0.774. The van der Waals surface area contributed by atoms with E-state index in [0.29, 0.717) is 18.1 Å². The first-order valence-corrected chi connectivity index (χ1v) is 6.99. The maximum absolute atomic E-state index is 11.7. The predicted molar refractivity (Wildman–Crippen MR) is 77.7 cm³/mol. The summed E-state index contributed by atoms with van der Waals surface area (Å²) in [5.41, 5.74) is 6.26. The lowest BCUT2D eigenvalue weighted by molar-refractivity contribution is -0.116. The minimum atomic E-state index is -0.0144. The van der Waals surface area contributed by atoms with Crippen molar-refractivity contribution in [3.05, 3.63) is 18.2 Å². The van der Waals surface area contributed by atoms with Gasteiger partial charge in [-0.2, -0.15) is 0 Å². The van der Waals surface area contributed by atoms with E-state index in [2.05, 4.69) is 10.3 Å². The highest BCUT2D eigenvalue weighted by Crippen LogP contribution is 2.29. The van der Waals surface area contributed by atoms with Gasteiger partial charge >= 0.3 is 0 Å². The second-order valence-electron chi connectivity index (χ2n) is 4.15. The molecular formula is C13H17N3O2S. The first-order valence-electron chi connectivity index (χ1n) is 6.17. The fourth-order valence-corrected chi connectivity index (χ4v) is 2.61. The number of ether oxygens (including phenoxy) is 1. The number of unbranched alkanes of at least 4 members (excludes halogenated alkanes) is 1. The third kappa shape index (κ3) is 3.65. The van der Waals surface area contributed by atoms with Gasteiger partial charge in [-0.3, -0.25) is 4.79 Å². The van der Waals surface area contributed by atoms with E-state index in [4.69, 9.17) is 10.5 Å². The first kappa shape index (κ1) is 13.8. The van der Waals surface area contributed by atoms with Crippen molar-refractivity contribution < 1.29 is 9.53 Å². The number of rotatable bonds is 6. The second-order valence-corrected chi connectivity index (χ2v) is 5.18. The van der Waals surface area contributed by atoms with Gasteiger partial charge in [-0.1, -0.05) is 11.3 Å². The molecule has 0 bridgehead atoms. The Kier molecular flexibility index (Phi) is 4.70. The molecule has 1 aromatic heterocycles. The van der Waals surface area contributed by atoms with E-state index in [9.17, 15) is 4.79 Å². The van der Waals surface area contributed by atoms with Gasteiger partial charge in [-0.15, -0.1) is 0 Å². The fourth-order valence-electron chi connectivity index (χ4n) is 1.70. The standard InChI is InChI=1S/C13H17N3O2S/c1-18-9-5-6-10-11(8-9)19-13(15-10)16-12(17)4-2-3-7-14/h5-6,8H,2-4,7,14H2,1H3,(H,15,16,17). The molecule has 1 aromatic carbocycles. The minimum Gasteiger partial charge on any atom is -0.497 e. The molecule has 0 unspecified atom stereocenters. The number of methoxy groups -OCH3 is 1. The number of amides is 1. The number of aromatic nitrogens is 1. The van der Waals surface area contributed by atoms with Crippen LogP contribution in [-0.2, 0) is 4.79 Å². The van der Waals surface area contributed by atoms with Crippen molar-refractivity contribution >= 4 is 32.6 Å². The van der Waals surface area contributed by atoms with Crippen LogP contribution in [-0.4, -0.2) is 24.5 Å². The number of fused-ring (bicyclic) bond motifs is 1. The molecule has 0 radical (unpaired) electrons. The van der Waals surface area contributed by atoms with Crippen LogP contribution in [0.2, 0.25) is 0 Å². The molecule has 0 aliphatic rings. The molecule has 0 saturated heterocycles. The molecule has 1 heterocycles. The number of nitrogens with one attached hydrogen (secondary N) is 1. The second kappa shape index (κ2) is 6.49. The Labute approximate surface area is 115 Å². The van der Waals surface area contributed by atoms with Gasteiger partial charge in [0.25, 0.3) is 0 Å². The number of anilines is 1. The molecular weight excluding hydrogens is 262 g/mol. The summed E-state index contributed by atoms with van der Waals surface area (Å²) >= 11 is 1.45. The van der Waals surface area contributed by atoms with Crippen molar-refractivity contribution in [3.63, 3.8) is 0 Å². The van der Waals surface area contributed by atoms with E-state index in [1.54, 1.807) is 7.11 Å². The fraction of sp³-hybridized carbons (Fsp3) is 0.385. The molecule has 1 amide bonds. The van der Waals surface area contributed by atoms with Crippen molar-refractivity contribution in [3.8, 4) is 5.75 Å². The Balaban J connectivity index is 2.02. The van der Waals surface area contributed by atoms with Crippen molar-refractivity contribution in [2.24, 2.45) is 5.73 Å². The van der Waals surface area contributed by atoms with Crippen LogP contribution >= 0.6 is 11.3 Å². The van der Waals surface area contributed by atoms with Gasteiger partial charge in [0.2, 0.25) is 5.91 Å². The quantitative estimate of drug-likeness (QED) is 0.796. The van der Waals surface area contributed by atoms with Crippen LogP contribution in [0.1, 0.15) is 19.3 Å². The van der Waals surface area contributed by atoms with Crippen molar-refractivity contribution in [2.75, 3.05) is 19.0 Å². The van der Waals surface area contributed by atoms with E-state index in [1.165, 1.54) is 11.3 Å². The van der Waals surface area contributed by atoms with Gasteiger partial charge < -0.3 is 15.8 Å². The molecule has 102 valence electrons. The summed E-state index contributed by atoms with van der Waals surface area (Å²) in [4.78, 5) is 16.0. The van der Waals surface area contributed by atoms with Crippen LogP contribution in [0.25, 0.3) is 10.2 Å². The summed E-state index contributed by atoms with van der Waals surface area (Å²) < 4.78 is 6.15. The Bertz CT molecular complexity index is 568. The lowest BCUT2D eigenvalue weighted by Gasteiger charge is -1.99. The summed E-state index contributed by atoms with van der Waals surface area (Å²) in [5, 5.41) is 3.44. The smallest absolute Gasteiger partial charge is 0.226 e. The predicted octanol–water partition coefficient (Wildman–Crippen LogP) is 2.37. The average Bonchev–Trinajstić information content (AvgIpc) is 2.79. The highest BCUT2D eigenvalue weighted by atomic mass is 32.1. The summed E-state index contributed by atoms with van der Waals surface area (Å²) in [6.07, 6.45) is 2.15. The molecule has 3 N–H and O–H groups in total. The van der Waals surface area contributed by atoms with Crippen molar-refractivity contribution in [1.29, 1.82) is 0 Å². The molecule has 2 aromatic rings. The molecule has 0 fully saturated rings. The summed E-state index contributed by atoms with van der Waals surface area (Å²) in [6, 6.07) is 5.65. The van der Waals surface area contributed by atoms with E-state index in [0.717, 1.165) is 28.8 Å². The lowest BCUT2D eigenvalue weighted by Crippen LogP contribution is -2.11. The number of carbonyl (C=O) groups is 1. The summed E-state index contributed by atoms with van der Waals surface area (Å²) in [7, 11) is 1.63. The highest BCUT2D eigenvalue weighted by molar-refractivity contribution is 7.22. The Morgan fingerprint density at radius 3 is 3.05 bits per heavy atom. The number of nitrogens with two attached hydrogens (primary N) is 1. The average molecular weight is 279 g/mol. The van der Waals surface area contributed by atoms with Crippen LogP contribution in [0, 0.1) is 0 Å². The van der Waals surface area contributed by atoms with E-state index >= 15 is 0 Å². The van der Waals surface area contributed by atoms with E-state index in [-0.39, 0.29) is 5.91 Å². The van der Waals surface area contributed by atoms with Crippen LogP contribution in [0.15, 0.2) is 18.2 Å². The largest absolute Gasteiger partial charge is 0.497 e. The van der Waals surface area contributed by atoms with Crippen LogP contribution in [0.3, 0.4) is 0 Å². The number of benzene rings is 1. The molecule has 0 spiro atoms. The molecule has 2 rings (SSSR count). The van der Waals surface area contributed by atoms with Gasteiger partial charge in [0.05, 0.1) is 17.3 Å². The molecule has 0 aliphatic heterocycles. The van der Waals surface area contributed by atoms with Gasteiger partial charge in [-0.05, 0) is 37.6 Å². The number of nitrogens with zero attached hydrogens (tertiary/aromatic N) is 1. The van der Waals surface area contributed by atoms with Gasteiger partial charge in [0.1, 0.15) is 5.75 Å². The Morgan fingerprint density at radius 2 is 2.32 bits per heavy atom. The molecule has 19 heavy (non-hydrogen) atoms. The molecule has 6 heteroatoms. The highest BCUT2D eigenvalue weighted by Gasteiger charge is 2.08. The third-order valence-electron chi connectivity index (χ3n) is 2.70. The zero-order chi connectivity index (χ0) is 13.7. The van der Waals surface area contributed by atoms with Gasteiger partial charge in [-0.25, -0.2) is 4.98 Å². The maximum atomic E-state index is 11.7. The number of hydrogen-bond donors (Lipinski definition) is 2. The van der Waals surface area contributed by atoms with E-state index < -0.39 is 0 Å². The molecule has 5 nitrogen and oxygen atoms in total. The van der Waals surface area contributed by atoms with Crippen LogP contribution in [0.4, 0.5) is 5.13 Å². The topological polar surface area (TPSA) is 77.2 Å². The zero-order valence-electron chi connectivity index (χ0n) is 10.8. The van der Waals surface area contributed by atoms with Gasteiger partial charge in [0, 0.05) is 6.42 Å². The molecule has 0 saturated carbocycles. The van der Waals surface area contributed by atoms with Crippen LogP contribution < -0.4 is 15.8 Å². The summed E-state index contributed by atoms with van der Waals surface area (Å²) in [6.45, 7) is 0.619. The van der Waals surface area contributed by atoms with Gasteiger partial charge in [0.15, 0.2) is 5.13 Å². The Hall–Kier alpha value is -1.66. The number of hydrogen-bond acceptors (Lipinski definition) is 5. The number of thiazole rings is 1. The monoisotopic (exact) mass is 279 g/mol. The Morgan fingerprint density at radius 1 is 1.47 bits per heavy atom.